The second-order valence-corrected chi connectivity index (χ2v) is 6.23. The highest BCUT2D eigenvalue weighted by Gasteiger charge is 2.29. The number of para-hydroxylation sites is 1. The van der Waals surface area contributed by atoms with Crippen LogP contribution in [0.15, 0.2) is 54.6 Å². The van der Waals surface area contributed by atoms with Crippen molar-refractivity contribution in [2.45, 2.75) is 0 Å². The van der Waals surface area contributed by atoms with Gasteiger partial charge >= 0.3 is 15.3 Å². The van der Waals surface area contributed by atoms with Gasteiger partial charge in [0.1, 0.15) is 0 Å². The van der Waals surface area contributed by atoms with Crippen molar-refractivity contribution in [1.82, 2.24) is 0 Å². The minimum absolute atomic E-state index is 0.0128. The maximum absolute atomic E-state index is 11.5. The van der Waals surface area contributed by atoms with Crippen molar-refractivity contribution in [2.75, 3.05) is 4.31 Å². The number of carboxylic acid groups (broad SMARTS) is 1. The molecule has 0 saturated heterocycles. The predicted octanol–water partition coefficient (Wildman–Crippen LogP) is 3.32. The Kier molecular flexibility index (Phi) is 3.96. The summed E-state index contributed by atoms with van der Waals surface area (Å²) in [4.78, 5) is 11.2. The first-order valence-electron chi connectivity index (χ1n) is 5.53. The van der Waals surface area contributed by atoms with Crippen LogP contribution in [0.4, 0.5) is 10.5 Å². The molecule has 0 aliphatic carbocycles. The predicted molar refractivity (Wildman–Crippen MR) is 77.2 cm³/mol. The fourth-order valence-corrected chi connectivity index (χ4v) is 2.81. The second kappa shape index (κ2) is 5.52. The number of rotatable bonds is 3. The van der Waals surface area contributed by atoms with Crippen molar-refractivity contribution >= 4 is 31.7 Å². The highest BCUT2D eigenvalue weighted by atomic mass is 35.7. The second-order valence-electron chi connectivity index (χ2n) is 3.87. The summed E-state index contributed by atoms with van der Waals surface area (Å²) >= 11 is 0. The highest BCUT2D eigenvalue weighted by molar-refractivity contribution is 8.15. The lowest BCUT2D eigenvalue weighted by atomic mass is 10.0. The van der Waals surface area contributed by atoms with Gasteiger partial charge in [0.2, 0.25) is 0 Å². The lowest BCUT2D eigenvalue weighted by molar-refractivity contribution is 0.206. The quantitative estimate of drug-likeness (QED) is 0.882. The van der Waals surface area contributed by atoms with E-state index < -0.39 is 15.3 Å². The number of amides is 1. The smallest absolute Gasteiger partial charge is 0.426 e. The first-order valence-corrected chi connectivity index (χ1v) is 7.80. The van der Waals surface area contributed by atoms with Crippen LogP contribution in [0, 0.1) is 0 Å². The Morgan fingerprint density at radius 1 is 1.00 bits per heavy atom. The molecule has 2 aromatic carbocycles. The van der Waals surface area contributed by atoms with Crippen LogP contribution in [0.2, 0.25) is 0 Å². The highest BCUT2D eigenvalue weighted by Crippen LogP contribution is 2.33. The molecule has 2 aromatic rings. The van der Waals surface area contributed by atoms with Crippen molar-refractivity contribution in [3.8, 4) is 11.1 Å². The minimum atomic E-state index is -4.44. The van der Waals surface area contributed by atoms with Crippen LogP contribution >= 0.6 is 10.7 Å². The Morgan fingerprint density at radius 3 is 2.10 bits per heavy atom. The Balaban J connectivity index is 2.67. The zero-order valence-electron chi connectivity index (χ0n) is 10.1. The molecule has 0 radical (unpaired) electrons. The topological polar surface area (TPSA) is 74.7 Å². The lowest BCUT2D eigenvalue weighted by Gasteiger charge is -2.18. The molecular formula is C13H10ClNO4S. The van der Waals surface area contributed by atoms with Gasteiger partial charge < -0.3 is 5.11 Å². The van der Waals surface area contributed by atoms with Crippen molar-refractivity contribution in [3.05, 3.63) is 54.6 Å². The van der Waals surface area contributed by atoms with Crippen molar-refractivity contribution in [1.29, 1.82) is 0 Å². The zero-order chi connectivity index (χ0) is 14.8. The Bertz CT molecular complexity index is 731. The van der Waals surface area contributed by atoms with E-state index in [0.29, 0.717) is 11.1 Å². The molecule has 0 unspecified atom stereocenters. The van der Waals surface area contributed by atoms with E-state index in [1.54, 1.807) is 48.5 Å². The van der Waals surface area contributed by atoms with E-state index in [9.17, 15) is 13.2 Å². The van der Waals surface area contributed by atoms with Gasteiger partial charge in [-0.15, -0.1) is 0 Å². The standard InChI is InChI=1S/C13H10ClNO4S/c14-20(18,19)15(13(16)17)12-9-5-4-8-11(12)10-6-2-1-3-7-10/h1-9H,(H,16,17). The largest absolute Gasteiger partial charge is 0.464 e. The van der Waals surface area contributed by atoms with Crippen molar-refractivity contribution in [3.63, 3.8) is 0 Å². The SMILES string of the molecule is O=C(O)N(c1ccccc1-c1ccccc1)S(=O)(=O)Cl. The monoisotopic (exact) mass is 311 g/mol. The summed E-state index contributed by atoms with van der Waals surface area (Å²) in [6.45, 7) is 0. The molecule has 0 saturated carbocycles. The number of anilines is 1. The Morgan fingerprint density at radius 2 is 1.55 bits per heavy atom. The molecule has 0 spiro atoms. The van der Waals surface area contributed by atoms with Crippen LogP contribution in [0.25, 0.3) is 11.1 Å². The summed E-state index contributed by atoms with van der Waals surface area (Å²) in [6, 6.07) is 15.1. The first-order chi connectivity index (χ1) is 9.41. The molecule has 1 amide bonds. The van der Waals surface area contributed by atoms with Crippen LogP contribution < -0.4 is 4.31 Å². The van der Waals surface area contributed by atoms with Gasteiger partial charge in [0.15, 0.2) is 0 Å². The molecule has 0 fully saturated rings. The number of nitrogens with zero attached hydrogens (tertiary/aromatic N) is 1. The number of halogens is 1. The van der Waals surface area contributed by atoms with E-state index >= 15 is 0 Å². The molecule has 7 heteroatoms. The normalized spacial score (nSPS) is 11.1. The third kappa shape index (κ3) is 2.92. The van der Waals surface area contributed by atoms with Gasteiger partial charge in [-0.25, -0.2) is 4.79 Å². The Hall–Kier alpha value is -2.05. The number of hydrogen-bond acceptors (Lipinski definition) is 3. The summed E-state index contributed by atoms with van der Waals surface area (Å²) < 4.78 is 23.1. The zero-order valence-corrected chi connectivity index (χ0v) is 11.7. The van der Waals surface area contributed by atoms with Gasteiger partial charge in [-0.05, 0) is 11.6 Å². The molecule has 0 aliphatic rings. The van der Waals surface area contributed by atoms with Crippen LogP contribution in [0.1, 0.15) is 0 Å². The summed E-state index contributed by atoms with van der Waals surface area (Å²) in [5.41, 5.74) is 1.13. The molecule has 0 aliphatic heterocycles. The van der Waals surface area contributed by atoms with Crippen LogP contribution in [0.5, 0.6) is 0 Å². The van der Waals surface area contributed by atoms with Gasteiger partial charge in [0.05, 0.1) is 5.69 Å². The van der Waals surface area contributed by atoms with Crippen LogP contribution in [-0.2, 0) is 9.24 Å². The van der Waals surface area contributed by atoms with Crippen molar-refractivity contribution in [2.24, 2.45) is 0 Å². The van der Waals surface area contributed by atoms with E-state index in [1.807, 2.05) is 0 Å². The van der Waals surface area contributed by atoms with Gasteiger partial charge in [-0.1, -0.05) is 48.5 Å². The summed E-state index contributed by atoms with van der Waals surface area (Å²) in [6.07, 6.45) is -1.66. The van der Waals surface area contributed by atoms with Gasteiger partial charge in [-0.3, -0.25) is 0 Å². The van der Waals surface area contributed by atoms with Crippen LogP contribution in [0.3, 0.4) is 0 Å². The summed E-state index contributed by atoms with van der Waals surface area (Å²) in [5, 5.41) is 9.10. The summed E-state index contributed by atoms with van der Waals surface area (Å²) in [5.74, 6) is 0. The fourth-order valence-electron chi connectivity index (χ4n) is 1.83. The lowest BCUT2D eigenvalue weighted by Crippen LogP contribution is -2.32. The van der Waals surface area contributed by atoms with E-state index in [1.165, 1.54) is 6.07 Å². The maximum atomic E-state index is 11.5. The van der Waals surface area contributed by atoms with Crippen molar-refractivity contribution < 1.29 is 18.3 Å². The minimum Gasteiger partial charge on any atom is -0.464 e. The molecular weight excluding hydrogens is 302 g/mol. The van der Waals surface area contributed by atoms with Crippen LogP contribution in [-0.4, -0.2) is 19.6 Å². The van der Waals surface area contributed by atoms with Gasteiger partial charge in [-0.2, -0.15) is 12.7 Å². The average molecular weight is 312 g/mol. The van der Waals surface area contributed by atoms with E-state index in [0.717, 1.165) is 0 Å². The Labute approximate surface area is 120 Å². The maximum Gasteiger partial charge on any atom is 0.426 e. The molecule has 0 bridgehead atoms. The van der Waals surface area contributed by atoms with Gasteiger partial charge in [0, 0.05) is 16.2 Å². The third-order valence-corrected chi connectivity index (χ3v) is 3.80. The van der Waals surface area contributed by atoms with E-state index in [4.69, 9.17) is 15.8 Å². The number of carbonyl (C=O) groups is 1. The van der Waals surface area contributed by atoms with E-state index in [-0.39, 0.29) is 9.99 Å². The number of hydrogen-bond donors (Lipinski definition) is 1. The van der Waals surface area contributed by atoms with Gasteiger partial charge in [0.25, 0.3) is 0 Å². The van der Waals surface area contributed by atoms with E-state index in [2.05, 4.69) is 0 Å². The fraction of sp³-hybridized carbons (Fsp3) is 0. The average Bonchev–Trinajstić information content (AvgIpc) is 2.38. The molecule has 0 heterocycles. The molecule has 20 heavy (non-hydrogen) atoms. The molecule has 0 atom stereocenters. The first kappa shape index (κ1) is 14.4. The molecule has 1 N–H and O–H groups in total. The third-order valence-electron chi connectivity index (χ3n) is 2.60. The molecule has 2 rings (SSSR count). The number of benzene rings is 2. The molecule has 5 nitrogen and oxygen atoms in total. The molecule has 0 aromatic heterocycles. The molecule has 104 valence electrons. The summed E-state index contributed by atoms with van der Waals surface area (Å²) in [7, 11) is 0.764.